The summed E-state index contributed by atoms with van der Waals surface area (Å²) in [6.07, 6.45) is 5.03. The van der Waals surface area contributed by atoms with E-state index in [4.69, 9.17) is 10.2 Å². The van der Waals surface area contributed by atoms with Gasteiger partial charge in [0.25, 0.3) is 5.91 Å². The molecule has 1 amide bonds. The number of nitrogens with one attached hydrogen (secondary N) is 1. The molecule has 31 heavy (non-hydrogen) atoms. The van der Waals surface area contributed by atoms with Gasteiger partial charge in [-0.15, -0.1) is 0 Å². The Morgan fingerprint density at radius 3 is 2.90 bits per heavy atom. The normalized spacial score (nSPS) is 17.6. The Bertz CT molecular complexity index is 1120. The molecule has 1 atom stereocenters. The van der Waals surface area contributed by atoms with E-state index in [1.54, 1.807) is 11.6 Å². The fourth-order valence-corrected chi connectivity index (χ4v) is 4.30. The zero-order valence-electron chi connectivity index (χ0n) is 17.8. The Balaban J connectivity index is 1.80. The van der Waals surface area contributed by atoms with Crippen molar-refractivity contribution >= 4 is 23.0 Å². The van der Waals surface area contributed by atoms with Crippen LogP contribution in [0.4, 0.5) is 4.39 Å². The van der Waals surface area contributed by atoms with Crippen LogP contribution in [-0.4, -0.2) is 44.7 Å². The van der Waals surface area contributed by atoms with Crippen LogP contribution in [0.3, 0.4) is 0 Å². The maximum atomic E-state index is 13.9. The van der Waals surface area contributed by atoms with E-state index in [1.807, 2.05) is 30.3 Å². The van der Waals surface area contributed by atoms with Crippen LogP contribution in [0, 0.1) is 5.82 Å². The Morgan fingerprint density at radius 2 is 2.13 bits per heavy atom. The average Bonchev–Trinajstić information content (AvgIpc) is 3.16. The van der Waals surface area contributed by atoms with Gasteiger partial charge in [0.05, 0.1) is 11.0 Å². The molecular formula is C24H27FN4O2. The number of likely N-dealkylation sites (tertiary alicyclic amines) is 1. The molecule has 1 aliphatic heterocycles. The Labute approximate surface area is 181 Å². The van der Waals surface area contributed by atoms with E-state index in [2.05, 4.69) is 23.3 Å². The molecule has 1 saturated heterocycles. The molecule has 0 spiro atoms. The van der Waals surface area contributed by atoms with E-state index in [9.17, 15) is 9.18 Å². The van der Waals surface area contributed by atoms with Crippen LogP contribution < -0.4 is 5.48 Å². The fourth-order valence-electron chi connectivity index (χ4n) is 4.30. The summed E-state index contributed by atoms with van der Waals surface area (Å²) in [6, 6.07) is 13.2. The lowest BCUT2D eigenvalue weighted by atomic mass is 10.0. The minimum atomic E-state index is -0.593. The number of piperidine rings is 1. The lowest BCUT2D eigenvalue weighted by Crippen LogP contribution is -2.40. The van der Waals surface area contributed by atoms with E-state index in [0.717, 1.165) is 48.4 Å². The minimum absolute atomic E-state index is 0.237. The van der Waals surface area contributed by atoms with Crippen molar-refractivity contribution in [2.75, 3.05) is 13.1 Å². The Hall–Kier alpha value is -3.03. The number of rotatable bonds is 5. The number of hydroxylamine groups is 1. The highest BCUT2D eigenvalue weighted by molar-refractivity contribution is 5.91. The SMILES string of the molecule is CC(C)N1CCC[C@@H](n2c(-c3cccc(/C=C/C(=O)NO)c3)nc3cc(F)ccc32)C1. The largest absolute Gasteiger partial charge is 0.320 e. The second kappa shape index (κ2) is 8.99. The maximum absolute atomic E-state index is 13.9. The van der Waals surface area contributed by atoms with Crippen molar-refractivity contribution in [3.05, 3.63) is 59.9 Å². The molecule has 4 rings (SSSR count). The molecule has 0 aliphatic carbocycles. The predicted octanol–water partition coefficient (Wildman–Crippen LogP) is 4.41. The monoisotopic (exact) mass is 422 g/mol. The van der Waals surface area contributed by atoms with Crippen molar-refractivity contribution in [1.82, 2.24) is 19.9 Å². The third-order valence-electron chi connectivity index (χ3n) is 5.86. The van der Waals surface area contributed by atoms with Gasteiger partial charge in [0.15, 0.2) is 0 Å². The summed E-state index contributed by atoms with van der Waals surface area (Å²) >= 11 is 0. The summed E-state index contributed by atoms with van der Waals surface area (Å²) in [4.78, 5) is 18.6. The van der Waals surface area contributed by atoms with Crippen LogP contribution in [0.5, 0.6) is 0 Å². The fraction of sp³-hybridized carbons (Fsp3) is 0.333. The van der Waals surface area contributed by atoms with Crippen molar-refractivity contribution in [2.45, 2.75) is 38.8 Å². The van der Waals surface area contributed by atoms with Crippen LogP contribution >= 0.6 is 0 Å². The number of hydrogen-bond donors (Lipinski definition) is 2. The minimum Gasteiger partial charge on any atom is -0.320 e. The average molecular weight is 423 g/mol. The van der Waals surface area contributed by atoms with Gasteiger partial charge in [-0.25, -0.2) is 14.9 Å². The molecule has 2 heterocycles. The number of halogens is 1. The van der Waals surface area contributed by atoms with Crippen molar-refractivity contribution in [1.29, 1.82) is 0 Å². The standard InChI is InChI=1S/C24H27FN4O2/c1-16(2)28-12-4-7-20(15-28)29-22-10-9-19(25)14-21(22)26-24(29)18-6-3-5-17(13-18)8-11-23(30)27-31/h3,5-6,8-11,13-14,16,20,31H,4,7,12,15H2,1-2H3,(H,27,30)/b11-8+/t20-/m1/s1. The van der Waals surface area contributed by atoms with Crippen molar-refractivity contribution < 1.29 is 14.4 Å². The third kappa shape index (κ3) is 4.52. The van der Waals surface area contributed by atoms with Crippen LogP contribution in [-0.2, 0) is 4.79 Å². The molecule has 0 radical (unpaired) electrons. The molecular weight excluding hydrogens is 395 g/mol. The van der Waals surface area contributed by atoms with E-state index in [-0.39, 0.29) is 11.9 Å². The summed E-state index contributed by atoms with van der Waals surface area (Å²) in [5, 5.41) is 8.69. The summed E-state index contributed by atoms with van der Waals surface area (Å²) in [6.45, 7) is 6.42. The molecule has 1 fully saturated rings. The first-order valence-corrected chi connectivity index (χ1v) is 10.6. The lowest BCUT2D eigenvalue weighted by molar-refractivity contribution is -0.124. The molecule has 2 aromatic carbocycles. The van der Waals surface area contributed by atoms with Crippen LogP contribution in [0.25, 0.3) is 28.5 Å². The second-order valence-electron chi connectivity index (χ2n) is 8.26. The molecule has 0 bridgehead atoms. The number of hydrogen-bond acceptors (Lipinski definition) is 4. The number of amides is 1. The molecule has 6 nitrogen and oxygen atoms in total. The van der Waals surface area contributed by atoms with Gasteiger partial charge in [-0.3, -0.25) is 14.9 Å². The van der Waals surface area contributed by atoms with Crippen LogP contribution in [0.15, 0.2) is 48.5 Å². The number of fused-ring (bicyclic) bond motifs is 1. The number of benzene rings is 2. The van der Waals surface area contributed by atoms with Gasteiger partial charge < -0.3 is 4.57 Å². The first kappa shape index (κ1) is 21.2. The van der Waals surface area contributed by atoms with Gasteiger partial charge >= 0.3 is 0 Å². The molecule has 1 aromatic heterocycles. The quantitative estimate of drug-likeness (QED) is 0.363. The van der Waals surface area contributed by atoms with Crippen LogP contribution in [0.1, 0.15) is 38.3 Å². The Morgan fingerprint density at radius 1 is 1.29 bits per heavy atom. The molecule has 0 saturated carbocycles. The zero-order chi connectivity index (χ0) is 22.0. The molecule has 162 valence electrons. The van der Waals surface area contributed by atoms with Gasteiger partial charge in [-0.2, -0.15) is 0 Å². The molecule has 1 aliphatic rings. The first-order chi connectivity index (χ1) is 15.0. The van der Waals surface area contributed by atoms with E-state index in [0.29, 0.717) is 11.6 Å². The summed E-state index contributed by atoms with van der Waals surface area (Å²) < 4.78 is 16.2. The van der Waals surface area contributed by atoms with Gasteiger partial charge in [0.1, 0.15) is 11.6 Å². The van der Waals surface area contributed by atoms with Crippen molar-refractivity contribution in [2.24, 2.45) is 0 Å². The summed E-state index contributed by atoms with van der Waals surface area (Å²) in [5.74, 6) is -0.106. The summed E-state index contributed by atoms with van der Waals surface area (Å²) in [5.41, 5.74) is 4.84. The van der Waals surface area contributed by atoms with Gasteiger partial charge in [-0.05, 0) is 63.1 Å². The Kier molecular flexibility index (Phi) is 6.15. The second-order valence-corrected chi connectivity index (χ2v) is 8.26. The number of imidazole rings is 1. The summed E-state index contributed by atoms with van der Waals surface area (Å²) in [7, 11) is 0. The molecule has 3 aromatic rings. The van der Waals surface area contributed by atoms with Gasteiger partial charge in [-0.1, -0.05) is 18.2 Å². The predicted molar refractivity (Wildman–Crippen MR) is 119 cm³/mol. The van der Waals surface area contributed by atoms with Gasteiger partial charge in [0.2, 0.25) is 0 Å². The third-order valence-corrected chi connectivity index (χ3v) is 5.86. The van der Waals surface area contributed by atoms with E-state index in [1.165, 1.54) is 18.2 Å². The zero-order valence-corrected chi connectivity index (χ0v) is 17.8. The molecule has 7 heteroatoms. The number of carbonyl (C=O) groups is 1. The topological polar surface area (TPSA) is 70.4 Å². The van der Waals surface area contributed by atoms with Crippen LogP contribution in [0.2, 0.25) is 0 Å². The molecule has 2 N–H and O–H groups in total. The van der Waals surface area contributed by atoms with Crippen molar-refractivity contribution in [3.63, 3.8) is 0 Å². The number of aromatic nitrogens is 2. The van der Waals surface area contributed by atoms with Gasteiger partial charge in [0, 0.05) is 36.3 Å². The van der Waals surface area contributed by atoms with E-state index >= 15 is 0 Å². The van der Waals surface area contributed by atoms with E-state index < -0.39 is 5.91 Å². The maximum Gasteiger partial charge on any atom is 0.267 e. The number of nitrogens with zero attached hydrogens (tertiary/aromatic N) is 3. The first-order valence-electron chi connectivity index (χ1n) is 10.6. The highest BCUT2D eigenvalue weighted by Crippen LogP contribution is 2.33. The van der Waals surface area contributed by atoms with Crippen molar-refractivity contribution in [3.8, 4) is 11.4 Å². The lowest BCUT2D eigenvalue weighted by Gasteiger charge is -2.36. The number of carbonyl (C=O) groups excluding carboxylic acids is 1. The smallest absolute Gasteiger partial charge is 0.267 e. The highest BCUT2D eigenvalue weighted by Gasteiger charge is 2.27. The molecule has 0 unspecified atom stereocenters. The highest BCUT2D eigenvalue weighted by atomic mass is 19.1.